The third-order valence-electron chi connectivity index (χ3n) is 3.05. The Morgan fingerprint density at radius 3 is 3.16 bits per heavy atom. The maximum Gasteiger partial charge on any atom is 0.195 e. The van der Waals surface area contributed by atoms with E-state index in [0.717, 1.165) is 29.4 Å². The first-order valence-electron chi connectivity index (χ1n) is 6.11. The molecule has 0 aliphatic carbocycles. The number of hydrogen-bond acceptors (Lipinski definition) is 5. The molecule has 100 valence electrons. The van der Waals surface area contributed by atoms with E-state index >= 15 is 0 Å². The van der Waals surface area contributed by atoms with Gasteiger partial charge in [0.1, 0.15) is 0 Å². The van der Waals surface area contributed by atoms with Crippen molar-refractivity contribution in [2.24, 2.45) is 0 Å². The average molecular weight is 276 g/mol. The van der Waals surface area contributed by atoms with Crippen molar-refractivity contribution in [1.82, 2.24) is 14.7 Å². The predicted molar refractivity (Wildman–Crippen MR) is 76.6 cm³/mol. The summed E-state index contributed by atoms with van der Waals surface area (Å²) in [5, 5.41) is 5.26. The number of hydrogen-bond donors (Lipinski definition) is 1. The highest BCUT2D eigenvalue weighted by atomic mass is 32.1. The molecule has 0 spiro atoms. The van der Waals surface area contributed by atoms with E-state index in [9.17, 15) is 0 Å². The number of rotatable bonds is 5. The van der Waals surface area contributed by atoms with Crippen LogP contribution in [0.15, 0.2) is 34.6 Å². The molecule has 0 amide bonds. The van der Waals surface area contributed by atoms with Crippen LogP contribution in [0.1, 0.15) is 11.3 Å². The second-order valence-electron chi connectivity index (χ2n) is 4.46. The van der Waals surface area contributed by atoms with Crippen molar-refractivity contribution in [3.63, 3.8) is 0 Å². The molecule has 0 atom stereocenters. The van der Waals surface area contributed by atoms with Crippen LogP contribution in [0.25, 0.3) is 4.96 Å². The van der Waals surface area contributed by atoms with Crippen LogP contribution in [-0.2, 0) is 13.1 Å². The van der Waals surface area contributed by atoms with E-state index in [1.54, 1.807) is 23.9 Å². The summed E-state index contributed by atoms with van der Waals surface area (Å²) in [5.74, 6) is 1.02. The van der Waals surface area contributed by atoms with E-state index < -0.39 is 0 Å². The van der Waals surface area contributed by atoms with E-state index in [1.165, 1.54) is 5.69 Å². The summed E-state index contributed by atoms with van der Waals surface area (Å²) < 4.78 is 7.25. The highest BCUT2D eigenvalue weighted by Crippen LogP contribution is 2.25. The summed E-state index contributed by atoms with van der Waals surface area (Å²) in [6, 6.07) is 1.98. The zero-order valence-electron chi connectivity index (χ0n) is 11.0. The summed E-state index contributed by atoms with van der Waals surface area (Å²) in [6.07, 6.45) is 5.53. The molecule has 0 fully saturated rings. The van der Waals surface area contributed by atoms with Gasteiger partial charge in [0.2, 0.25) is 0 Å². The van der Waals surface area contributed by atoms with Crippen LogP contribution in [-0.4, -0.2) is 23.5 Å². The number of thiazole rings is 1. The molecule has 0 saturated heterocycles. The zero-order chi connectivity index (χ0) is 13.2. The van der Waals surface area contributed by atoms with Crippen LogP contribution in [0.4, 0.5) is 5.82 Å². The number of nitrogens with zero attached hydrogens (tertiary/aromatic N) is 3. The van der Waals surface area contributed by atoms with Crippen LogP contribution in [0.3, 0.4) is 0 Å². The monoisotopic (exact) mass is 276 g/mol. The van der Waals surface area contributed by atoms with Crippen LogP contribution in [0.5, 0.6) is 0 Å². The fourth-order valence-electron chi connectivity index (χ4n) is 2.19. The molecule has 1 N–H and O–H groups in total. The number of anilines is 1. The Hall–Kier alpha value is -1.79. The van der Waals surface area contributed by atoms with Gasteiger partial charge in [0.05, 0.1) is 18.2 Å². The lowest BCUT2D eigenvalue weighted by Crippen LogP contribution is -2.20. The standard InChI is InChI=1S/C13H16N4OS/c1-14-7-11-12(15-13-17(11)4-6-19-13)16(2)8-10-3-5-18-9-10/h3-6,9,14H,7-8H2,1-2H3. The third kappa shape index (κ3) is 2.24. The van der Waals surface area contributed by atoms with Gasteiger partial charge in [-0.15, -0.1) is 11.3 Å². The molecule has 0 aliphatic heterocycles. The fourth-order valence-corrected chi connectivity index (χ4v) is 2.92. The second kappa shape index (κ2) is 5.07. The van der Waals surface area contributed by atoms with Crippen LogP contribution < -0.4 is 10.2 Å². The Bertz CT molecular complexity index is 655. The highest BCUT2D eigenvalue weighted by Gasteiger charge is 2.16. The van der Waals surface area contributed by atoms with Gasteiger partial charge in [0.25, 0.3) is 0 Å². The Kier molecular flexibility index (Phi) is 3.27. The minimum atomic E-state index is 0.790. The van der Waals surface area contributed by atoms with Crippen molar-refractivity contribution in [3.05, 3.63) is 41.4 Å². The van der Waals surface area contributed by atoms with E-state index in [1.807, 2.05) is 13.1 Å². The largest absolute Gasteiger partial charge is 0.472 e. The van der Waals surface area contributed by atoms with Crippen LogP contribution in [0, 0.1) is 0 Å². The molecule has 6 heteroatoms. The maximum absolute atomic E-state index is 5.11. The topological polar surface area (TPSA) is 45.7 Å². The molecular weight excluding hydrogens is 260 g/mol. The first-order chi connectivity index (χ1) is 9.29. The molecule has 3 heterocycles. The van der Waals surface area contributed by atoms with Crippen molar-refractivity contribution < 1.29 is 4.42 Å². The van der Waals surface area contributed by atoms with Gasteiger partial charge in [-0.2, -0.15) is 0 Å². The molecule has 0 radical (unpaired) electrons. The first-order valence-corrected chi connectivity index (χ1v) is 6.99. The molecule has 0 saturated carbocycles. The Morgan fingerprint density at radius 1 is 1.53 bits per heavy atom. The van der Waals surface area contributed by atoms with Gasteiger partial charge < -0.3 is 14.6 Å². The maximum atomic E-state index is 5.11. The number of furan rings is 1. The van der Waals surface area contributed by atoms with E-state index in [2.05, 4.69) is 33.2 Å². The number of imidazole rings is 1. The van der Waals surface area contributed by atoms with Crippen molar-refractivity contribution >= 4 is 22.1 Å². The Labute approximate surface area is 115 Å². The van der Waals surface area contributed by atoms with E-state index in [0.29, 0.717) is 0 Å². The number of fused-ring (bicyclic) bond motifs is 1. The van der Waals surface area contributed by atoms with Gasteiger partial charge in [0, 0.05) is 37.3 Å². The van der Waals surface area contributed by atoms with Crippen molar-refractivity contribution in [1.29, 1.82) is 0 Å². The minimum Gasteiger partial charge on any atom is -0.472 e. The third-order valence-corrected chi connectivity index (χ3v) is 3.80. The average Bonchev–Trinajstić information content (AvgIpc) is 3.07. The van der Waals surface area contributed by atoms with Gasteiger partial charge in [-0.3, -0.25) is 4.40 Å². The summed E-state index contributed by atoms with van der Waals surface area (Å²) in [4.78, 5) is 7.89. The Morgan fingerprint density at radius 2 is 2.42 bits per heavy atom. The van der Waals surface area contributed by atoms with Gasteiger partial charge in [0.15, 0.2) is 10.8 Å². The summed E-state index contributed by atoms with van der Waals surface area (Å²) in [7, 11) is 4.00. The lowest BCUT2D eigenvalue weighted by molar-refractivity contribution is 0.563. The molecule has 0 unspecified atom stereocenters. The van der Waals surface area contributed by atoms with Gasteiger partial charge in [-0.1, -0.05) is 0 Å². The number of aromatic nitrogens is 2. The smallest absolute Gasteiger partial charge is 0.195 e. The predicted octanol–water partition coefficient (Wildman–Crippen LogP) is 2.34. The van der Waals surface area contributed by atoms with Crippen molar-refractivity contribution in [2.45, 2.75) is 13.1 Å². The first kappa shape index (κ1) is 12.3. The second-order valence-corrected chi connectivity index (χ2v) is 5.33. The normalized spacial score (nSPS) is 11.3. The summed E-state index contributed by atoms with van der Waals surface area (Å²) in [5.41, 5.74) is 2.33. The molecule has 3 aromatic heterocycles. The molecule has 0 aromatic carbocycles. The molecule has 5 nitrogen and oxygen atoms in total. The van der Waals surface area contributed by atoms with E-state index in [-0.39, 0.29) is 0 Å². The SMILES string of the molecule is CNCc1c(N(C)Cc2ccoc2)nc2sccn12. The quantitative estimate of drug-likeness (QED) is 0.777. The lowest BCUT2D eigenvalue weighted by Gasteiger charge is -2.17. The van der Waals surface area contributed by atoms with Gasteiger partial charge in [-0.05, 0) is 13.1 Å². The number of nitrogens with one attached hydrogen (secondary N) is 1. The molecule has 3 aromatic rings. The van der Waals surface area contributed by atoms with Gasteiger partial charge in [-0.25, -0.2) is 4.98 Å². The molecule has 0 bridgehead atoms. The van der Waals surface area contributed by atoms with Crippen LogP contribution in [0.2, 0.25) is 0 Å². The highest BCUT2D eigenvalue weighted by molar-refractivity contribution is 7.15. The van der Waals surface area contributed by atoms with Crippen molar-refractivity contribution in [3.8, 4) is 0 Å². The fraction of sp³-hybridized carbons (Fsp3) is 0.308. The molecular formula is C13H16N4OS. The van der Waals surface area contributed by atoms with Crippen LogP contribution >= 0.6 is 11.3 Å². The van der Waals surface area contributed by atoms with Gasteiger partial charge >= 0.3 is 0 Å². The molecule has 19 heavy (non-hydrogen) atoms. The van der Waals surface area contributed by atoms with E-state index in [4.69, 9.17) is 9.40 Å². The lowest BCUT2D eigenvalue weighted by atomic mass is 10.3. The summed E-state index contributed by atoms with van der Waals surface area (Å²) >= 11 is 1.65. The minimum absolute atomic E-state index is 0.790. The summed E-state index contributed by atoms with van der Waals surface area (Å²) in [6.45, 7) is 1.58. The Balaban J connectivity index is 1.94. The molecule has 0 aliphatic rings. The van der Waals surface area contributed by atoms with Crippen molar-refractivity contribution in [2.75, 3.05) is 19.0 Å². The molecule has 3 rings (SSSR count). The zero-order valence-corrected chi connectivity index (χ0v) is 11.8.